The molecular weight excluding hydrogens is 464 g/mol. The number of amides is 4. The Bertz CT molecular complexity index is 913. The smallest absolute Gasteiger partial charge is 0.326 e. The highest BCUT2D eigenvalue weighted by molar-refractivity contribution is 5.96. The number of carbonyl (C=O) groups excluding carboxylic acids is 4. The lowest BCUT2D eigenvalue weighted by molar-refractivity contribution is -0.142. The first kappa shape index (κ1) is 28.8. The third-order valence-corrected chi connectivity index (χ3v) is 4.62. The van der Waals surface area contributed by atoms with Gasteiger partial charge >= 0.3 is 5.97 Å². The van der Waals surface area contributed by atoms with E-state index in [1.54, 1.807) is 0 Å². The Labute approximate surface area is 200 Å². The van der Waals surface area contributed by atoms with Crippen LogP contribution in [0.4, 0.5) is 0 Å². The molecule has 0 aliphatic carbocycles. The molecule has 0 saturated heterocycles. The van der Waals surface area contributed by atoms with Crippen LogP contribution in [0, 0.1) is 0 Å². The highest BCUT2D eigenvalue weighted by atomic mass is 16.4. The van der Waals surface area contributed by atoms with Crippen molar-refractivity contribution in [3.8, 4) is 0 Å². The first-order valence-corrected chi connectivity index (χ1v) is 10.6. The Morgan fingerprint density at radius 2 is 1.63 bits per heavy atom. The van der Waals surface area contributed by atoms with Crippen molar-refractivity contribution >= 4 is 35.6 Å². The fourth-order valence-corrected chi connectivity index (χ4v) is 2.85. The summed E-state index contributed by atoms with van der Waals surface area (Å²) in [7, 11) is 0. The number of nitrogens with zero attached hydrogens (tertiary/aromatic N) is 2. The fraction of sp³-hybridized carbons (Fsp3) is 0.526. The molecule has 0 aliphatic rings. The lowest BCUT2D eigenvalue weighted by Crippen LogP contribution is -2.57. The molecule has 1 aromatic heterocycles. The quantitative estimate of drug-likeness (QED) is 0.0640. The summed E-state index contributed by atoms with van der Waals surface area (Å²) < 4.78 is 0. The summed E-state index contributed by atoms with van der Waals surface area (Å²) in [6.07, 6.45) is 2.37. The summed E-state index contributed by atoms with van der Waals surface area (Å²) in [6.45, 7) is 1.50. The Kier molecular flexibility index (Phi) is 11.6. The van der Waals surface area contributed by atoms with Crippen molar-refractivity contribution in [1.82, 2.24) is 25.9 Å². The monoisotopic (exact) mass is 496 g/mol. The average Bonchev–Trinajstić information content (AvgIpc) is 3.27. The molecule has 4 amide bonds. The minimum Gasteiger partial charge on any atom is -0.480 e. The molecule has 16 heteroatoms. The molecule has 1 heterocycles. The zero-order chi connectivity index (χ0) is 26.5. The van der Waals surface area contributed by atoms with Gasteiger partial charge in [0, 0.05) is 24.9 Å². The van der Waals surface area contributed by atoms with Crippen LogP contribution < -0.4 is 38.9 Å². The van der Waals surface area contributed by atoms with E-state index in [1.165, 1.54) is 19.4 Å². The van der Waals surface area contributed by atoms with E-state index in [1.807, 2.05) is 0 Å². The molecule has 4 atom stereocenters. The van der Waals surface area contributed by atoms with Gasteiger partial charge in [0.25, 0.3) is 0 Å². The van der Waals surface area contributed by atoms with E-state index in [0.717, 1.165) is 0 Å². The second kappa shape index (κ2) is 14.1. The second-order valence-corrected chi connectivity index (χ2v) is 7.71. The molecular formula is C19H32N10O6. The van der Waals surface area contributed by atoms with Crippen molar-refractivity contribution in [3.63, 3.8) is 0 Å². The van der Waals surface area contributed by atoms with Gasteiger partial charge in [0.15, 0.2) is 5.96 Å². The zero-order valence-corrected chi connectivity index (χ0v) is 19.2. The van der Waals surface area contributed by atoms with E-state index in [-0.39, 0.29) is 31.8 Å². The number of imidazole rings is 1. The number of aliphatic carboxylic acids is 1. The summed E-state index contributed by atoms with van der Waals surface area (Å²) in [4.78, 5) is 71.1. The van der Waals surface area contributed by atoms with Crippen LogP contribution in [0.25, 0.3) is 0 Å². The number of nitrogens with two attached hydrogens (primary N) is 4. The van der Waals surface area contributed by atoms with E-state index in [4.69, 9.17) is 22.9 Å². The van der Waals surface area contributed by atoms with Crippen LogP contribution in [0.2, 0.25) is 0 Å². The minimum absolute atomic E-state index is 0.00921. The highest BCUT2D eigenvalue weighted by Crippen LogP contribution is 2.05. The number of guanidine groups is 1. The predicted molar refractivity (Wildman–Crippen MR) is 123 cm³/mol. The number of aromatic nitrogens is 2. The molecule has 35 heavy (non-hydrogen) atoms. The van der Waals surface area contributed by atoms with Crippen molar-refractivity contribution in [1.29, 1.82) is 0 Å². The van der Waals surface area contributed by atoms with E-state index in [0.29, 0.717) is 5.69 Å². The second-order valence-electron chi connectivity index (χ2n) is 7.71. The maximum atomic E-state index is 12.9. The summed E-state index contributed by atoms with van der Waals surface area (Å²) in [5, 5.41) is 16.6. The summed E-state index contributed by atoms with van der Waals surface area (Å²) >= 11 is 0. The van der Waals surface area contributed by atoms with Gasteiger partial charge in [0.1, 0.15) is 18.1 Å². The third kappa shape index (κ3) is 11.0. The molecule has 0 radical (unpaired) electrons. The molecule has 13 N–H and O–H groups in total. The van der Waals surface area contributed by atoms with Crippen molar-refractivity contribution in [3.05, 3.63) is 18.2 Å². The fourth-order valence-electron chi connectivity index (χ4n) is 2.85. The number of hydrogen-bond donors (Lipinski definition) is 9. The van der Waals surface area contributed by atoms with Crippen molar-refractivity contribution in [2.45, 2.75) is 56.8 Å². The number of primary amides is 1. The SMILES string of the molecule is CC(N)C(=O)NC(CC(N)=O)C(=O)NC(CCCN=C(N)N)C(=O)NC(Cc1cnc[nH]1)C(=O)O. The lowest BCUT2D eigenvalue weighted by Gasteiger charge is -2.24. The van der Waals surface area contributed by atoms with E-state index in [2.05, 4.69) is 30.9 Å². The van der Waals surface area contributed by atoms with E-state index >= 15 is 0 Å². The van der Waals surface area contributed by atoms with Crippen LogP contribution in [0.1, 0.15) is 31.9 Å². The Hall–Kier alpha value is -4.21. The minimum atomic E-state index is -1.40. The number of carboxylic acids is 1. The number of H-pyrrole nitrogens is 1. The molecule has 194 valence electrons. The Morgan fingerprint density at radius 1 is 1.03 bits per heavy atom. The van der Waals surface area contributed by atoms with Crippen LogP contribution in [0.5, 0.6) is 0 Å². The van der Waals surface area contributed by atoms with Gasteiger partial charge in [-0.15, -0.1) is 0 Å². The molecule has 1 rings (SSSR count). The zero-order valence-electron chi connectivity index (χ0n) is 19.2. The molecule has 0 aromatic carbocycles. The first-order chi connectivity index (χ1) is 16.4. The maximum absolute atomic E-state index is 12.9. The van der Waals surface area contributed by atoms with Crippen LogP contribution in [-0.2, 0) is 30.4 Å². The highest BCUT2D eigenvalue weighted by Gasteiger charge is 2.30. The first-order valence-electron chi connectivity index (χ1n) is 10.6. The average molecular weight is 497 g/mol. The van der Waals surface area contributed by atoms with Crippen LogP contribution in [0.3, 0.4) is 0 Å². The van der Waals surface area contributed by atoms with Gasteiger partial charge in [0.05, 0.1) is 18.8 Å². The largest absolute Gasteiger partial charge is 0.480 e. The summed E-state index contributed by atoms with van der Waals surface area (Å²) in [5.41, 5.74) is 21.7. The van der Waals surface area contributed by atoms with Gasteiger partial charge in [-0.3, -0.25) is 24.2 Å². The number of hydrogen-bond acceptors (Lipinski definition) is 8. The number of nitrogens with one attached hydrogen (secondary N) is 4. The molecule has 1 aromatic rings. The van der Waals surface area contributed by atoms with Crippen LogP contribution >= 0.6 is 0 Å². The number of aromatic amines is 1. The van der Waals surface area contributed by atoms with Gasteiger partial charge in [-0.1, -0.05) is 0 Å². The lowest BCUT2D eigenvalue weighted by atomic mass is 10.1. The topological polar surface area (TPSA) is 287 Å². The molecule has 0 bridgehead atoms. The van der Waals surface area contributed by atoms with Gasteiger partial charge in [-0.25, -0.2) is 9.78 Å². The molecule has 16 nitrogen and oxygen atoms in total. The third-order valence-electron chi connectivity index (χ3n) is 4.62. The van der Waals surface area contributed by atoms with Gasteiger partial charge in [-0.2, -0.15) is 0 Å². The molecule has 0 spiro atoms. The van der Waals surface area contributed by atoms with Crippen LogP contribution in [-0.4, -0.2) is 81.3 Å². The van der Waals surface area contributed by atoms with Crippen LogP contribution in [0.15, 0.2) is 17.5 Å². The Balaban J connectivity index is 3.02. The van der Waals surface area contributed by atoms with Crippen molar-refractivity contribution in [2.24, 2.45) is 27.9 Å². The molecule has 0 aliphatic heterocycles. The van der Waals surface area contributed by atoms with Gasteiger partial charge < -0.3 is 49.0 Å². The standard InChI is InChI=1S/C19H32N10O6/c1-9(20)15(31)28-12(6-14(21)30)17(33)27-11(3-2-4-25-19(22)23)16(32)29-13(18(34)35)5-10-7-24-8-26-10/h7-9,11-13H,2-6,20H2,1H3,(H2,21,30)(H,24,26)(H,27,33)(H,28,31)(H,29,32)(H,34,35)(H4,22,23,25). The summed E-state index contributed by atoms with van der Waals surface area (Å²) in [5.74, 6) is -4.78. The van der Waals surface area contributed by atoms with Crippen molar-refractivity contribution < 1.29 is 29.1 Å². The molecule has 0 saturated carbocycles. The van der Waals surface area contributed by atoms with E-state index in [9.17, 15) is 29.1 Å². The summed E-state index contributed by atoms with van der Waals surface area (Å²) in [6, 6.07) is -4.96. The number of carbonyl (C=O) groups is 5. The molecule has 4 unspecified atom stereocenters. The number of rotatable bonds is 15. The maximum Gasteiger partial charge on any atom is 0.326 e. The van der Waals surface area contributed by atoms with E-state index < -0.39 is 60.2 Å². The van der Waals surface area contributed by atoms with Crippen molar-refractivity contribution in [2.75, 3.05) is 6.54 Å². The van der Waals surface area contributed by atoms with Gasteiger partial charge in [-0.05, 0) is 19.8 Å². The molecule has 0 fully saturated rings. The predicted octanol–water partition coefficient (Wildman–Crippen LogP) is -4.23. The number of carboxylic acid groups (broad SMARTS) is 1. The van der Waals surface area contributed by atoms with Gasteiger partial charge in [0.2, 0.25) is 23.6 Å². The normalized spacial score (nSPS) is 14.0. The Morgan fingerprint density at radius 3 is 2.14 bits per heavy atom. The number of aliphatic imine (C=N–C) groups is 1.